The Morgan fingerprint density at radius 1 is 1.55 bits per heavy atom. The van der Waals surface area contributed by atoms with Gasteiger partial charge >= 0.3 is 2.82 Å². The third-order valence-electron chi connectivity index (χ3n) is 0.0667. The van der Waals surface area contributed by atoms with Crippen LogP contribution >= 0.6 is 40.5 Å². The van der Waals surface area contributed by atoms with Gasteiger partial charge in [0.2, 0.25) is 2.82 Å². The van der Waals surface area contributed by atoms with Crippen LogP contribution in [-0.4, -0.2) is 16.1 Å². The number of hydrogen-bond donors (Lipinski definition) is 5. The molecular formula is C8H41BFIN9P2+. The fraction of sp³-hybridized carbons (Fsp3) is 0.875. The highest BCUT2D eigenvalue weighted by Crippen LogP contribution is 1.92. The van der Waals surface area contributed by atoms with Gasteiger partial charge < -0.3 is 6.15 Å². The first-order valence-corrected chi connectivity index (χ1v) is 4.55. The lowest BCUT2D eigenvalue weighted by molar-refractivity contribution is -0.249. The van der Waals surface area contributed by atoms with E-state index in [0.717, 1.165) is 6.55 Å². The van der Waals surface area contributed by atoms with Gasteiger partial charge in [-0.1, -0.05) is 58.3 Å². The molecule has 0 bridgehead atoms. The Balaban J connectivity index is -0.00000000889. The first-order chi connectivity index (χ1) is 11.4. The van der Waals surface area contributed by atoms with Crippen molar-refractivity contribution in [3.05, 3.63) is 0 Å². The highest BCUT2D eigenvalue weighted by Gasteiger charge is 1.35. The van der Waals surface area contributed by atoms with Crippen LogP contribution in [0, 0.1) is 28.4 Å². The van der Waals surface area contributed by atoms with Gasteiger partial charge in [0.15, 0.2) is 8.94 Å². The lowest BCUT2D eigenvalue weighted by atomic mass is 10.8. The van der Waals surface area contributed by atoms with Crippen LogP contribution in [-0.2, 0) is 0 Å². The molecule has 2 radical (unpaired) electrons. The minimum atomic E-state index is -0.0833. The van der Waals surface area contributed by atoms with Crippen LogP contribution in [0.2, 0.25) is 7.06 Å². The van der Waals surface area contributed by atoms with E-state index in [2.05, 4.69) is 40.4 Å². The maximum atomic E-state index is 8.75. The van der Waals surface area contributed by atoms with Crippen molar-refractivity contribution in [1.82, 2.24) is 6.15 Å². The van der Waals surface area contributed by atoms with E-state index >= 15 is 0 Å². The summed E-state index contributed by atoms with van der Waals surface area (Å²) in [5.41, 5.74) is 7.43. The molecule has 0 saturated heterocycles. The van der Waals surface area contributed by atoms with Crippen LogP contribution in [0.5, 0.6) is 0 Å². The number of hydrogen-bond acceptors (Lipinski definition) is 8. The van der Waals surface area contributed by atoms with Crippen molar-refractivity contribution in [1.29, 1.82) is 23.3 Å². The minimum absolute atomic E-state index is 0. The lowest BCUT2D eigenvalue weighted by Crippen LogP contribution is -2.17. The fourth-order valence-electron chi connectivity index (χ4n) is 0. The van der Waals surface area contributed by atoms with Crippen molar-refractivity contribution in [3.8, 4) is 6.55 Å². The van der Waals surface area contributed by atoms with E-state index in [1.54, 1.807) is 22.9 Å². The molecule has 0 fully saturated rings. The third-order valence-corrected chi connectivity index (χ3v) is 0.600. The van der Waals surface area contributed by atoms with Crippen LogP contribution < -0.4 is 11.7 Å². The summed E-state index contributed by atoms with van der Waals surface area (Å²) in [6, 6.07) is 0. The molecule has 22 heavy (non-hydrogen) atoms. The number of nitrogens with zero attached hydrogens (tertiary/aromatic N) is 4. The van der Waals surface area contributed by atoms with Gasteiger partial charge in [-0.05, 0) is 9.39 Å². The van der Waals surface area contributed by atoms with Crippen molar-refractivity contribution in [2.45, 2.75) is 44.6 Å². The Morgan fingerprint density at radius 3 is 1.73 bits per heavy atom. The smallest absolute Gasteiger partial charge is 0.344 e. The maximum Gasteiger partial charge on any atom is 0.479 e. The Hall–Kier alpha value is -0.495. The van der Waals surface area contributed by atoms with Gasteiger partial charge in [-0.25, -0.2) is 15.9 Å². The summed E-state index contributed by atoms with van der Waals surface area (Å²) in [7, 11) is 8.99. The summed E-state index contributed by atoms with van der Waals surface area (Å²) in [5, 5.41) is 10.0. The predicted octanol–water partition coefficient (Wildman–Crippen LogP) is 6.30. The van der Waals surface area contributed by atoms with Gasteiger partial charge in [0.25, 0.3) is 2.86 Å². The minimum Gasteiger partial charge on any atom is -0.344 e. The number of halogens is 2. The first-order valence-electron chi connectivity index (χ1n) is 6.27. The van der Waals surface area contributed by atoms with Crippen LogP contribution in [0.25, 0.3) is 0 Å². The molecule has 144 valence electrons. The molecule has 1 atom stereocenters. The molecule has 0 aromatic heterocycles. The summed E-state index contributed by atoms with van der Waals surface area (Å²) < 4.78 is 64.5. The quantitative estimate of drug-likeness (QED) is 0.113. The zero-order chi connectivity index (χ0) is 21.2. The molecule has 0 saturated carbocycles. The van der Waals surface area contributed by atoms with Crippen LogP contribution in [0.15, 0.2) is 13.0 Å². The van der Waals surface area contributed by atoms with Gasteiger partial charge in [0.05, 0.1) is 0 Å². The van der Waals surface area contributed by atoms with E-state index in [0.29, 0.717) is 8.25 Å². The molecule has 1 unspecified atom stereocenters. The molecule has 0 amide bonds. The molecule has 0 heterocycles. The van der Waals surface area contributed by atoms with Gasteiger partial charge in [-0.3, -0.25) is 9.23 Å². The fourth-order valence-corrected chi connectivity index (χ4v) is 0. The molecule has 0 spiro atoms. The standard InChI is InChI=1S/CH4N2.CHN.6CH4.BH2NP2.FH.HIN2.H2N2.H3N.H2/c1-3-2;1-2;;;;;;;1-4-2-3;;1-3-2;1-2;;/h2H,1H3;1H;6*1H4;3H2;1H;2H;1-2H;1H3;1H/p+1/i;1D;;;;;;;;;;;;1+2T/hT6. The summed E-state index contributed by atoms with van der Waals surface area (Å²) in [5.74, 6) is 0. The van der Waals surface area contributed by atoms with Crippen LogP contribution in [0.1, 0.15) is 48.9 Å². The highest BCUT2D eigenvalue weighted by atomic mass is 127. The second-order valence-corrected chi connectivity index (χ2v) is 2.09. The van der Waals surface area contributed by atoms with Crippen LogP contribution in [0.3, 0.4) is 0 Å². The zero-order valence-corrected chi connectivity index (χ0v) is 12.3. The van der Waals surface area contributed by atoms with Gasteiger partial charge in [0.1, 0.15) is 22.9 Å². The molecule has 0 aliphatic heterocycles. The summed E-state index contributed by atoms with van der Waals surface area (Å²) in [4.78, 5) is 0. The number of nitrogens with two attached hydrogens (primary N) is 1. The molecule has 0 aliphatic carbocycles. The van der Waals surface area contributed by atoms with E-state index in [-0.39, 0.29) is 56.2 Å². The summed E-state index contributed by atoms with van der Waals surface area (Å²) in [6.45, 7) is 1.00. The van der Waals surface area contributed by atoms with Crippen molar-refractivity contribution in [3.63, 3.8) is 0 Å². The molecule has 0 aliphatic rings. The van der Waals surface area contributed by atoms with E-state index in [9.17, 15) is 0 Å². The number of nitrogens with one attached hydrogen (secondary N) is 3. The molecule has 8 N–H and O–H groups in total. The third kappa shape index (κ3) is 26200. The molecule has 0 aromatic carbocycles. The Morgan fingerprint density at radius 2 is 1.73 bits per heavy atom. The normalized spacial score (nSPS) is 8.05. The predicted molar refractivity (Wildman–Crippen MR) is 116 cm³/mol. The summed E-state index contributed by atoms with van der Waals surface area (Å²) in [6.07, 6.45) is 0. The lowest BCUT2D eigenvalue weighted by Gasteiger charge is -1.51. The number of rotatable bonds is 0. The molecule has 0 aromatic rings. The molecule has 9 nitrogen and oxygen atoms in total. The van der Waals surface area contributed by atoms with Gasteiger partial charge in [-0.2, -0.15) is 11.0 Å². The zero-order valence-electron chi connectivity index (χ0n) is 17.1. The second-order valence-electron chi connectivity index (χ2n) is 0.507. The largest absolute Gasteiger partial charge is 0.479 e. The van der Waals surface area contributed by atoms with E-state index in [1.807, 2.05) is 0 Å². The van der Waals surface area contributed by atoms with Gasteiger partial charge in [-0.15, -0.1) is 3.33 Å². The molecular weight excluding hydrogens is 441 g/mol. The molecule has 14 heteroatoms. The Labute approximate surface area is 170 Å². The second kappa shape index (κ2) is 635. The monoisotopic (exact) mass is 499 g/mol. The van der Waals surface area contributed by atoms with Crippen molar-refractivity contribution in [2.75, 3.05) is 7.05 Å². The Kier molecular flexibility index (Phi) is 958. The van der Waals surface area contributed by atoms with Crippen LogP contribution in [0.4, 0.5) is 4.72 Å². The highest BCUT2D eigenvalue weighted by molar-refractivity contribution is 14.1. The topological polar surface area (TPSA) is 193 Å². The molecule has 0 rings (SSSR count). The average molecular weight is 499 g/mol. The van der Waals surface area contributed by atoms with E-state index in [1.165, 1.54) is 7.05 Å². The van der Waals surface area contributed by atoms with Crippen molar-refractivity contribution in [2.24, 2.45) is 13.0 Å². The average Bonchev–Trinajstić information content (AvgIpc) is 2.66. The maximum absolute atomic E-state index is 8.75. The van der Waals surface area contributed by atoms with Crippen molar-refractivity contribution >= 4 is 48.1 Å². The summed E-state index contributed by atoms with van der Waals surface area (Å²) >= 11 is 1.62. The Bertz CT molecular complexity index is 285. The first kappa shape index (κ1) is 33.2. The van der Waals surface area contributed by atoms with Crippen molar-refractivity contribution < 1.29 is 21.6 Å². The van der Waals surface area contributed by atoms with E-state index < -0.39 is 0 Å². The number of nitriles is 1. The van der Waals surface area contributed by atoms with Gasteiger partial charge in [0, 0.05) is 16.6 Å². The SMILES string of the molecule is C.C.C.C.C.C.N.[2H]C#N.[3H]F.[3H]N=NC.[3H]N=NI.[3H]N=[N+]([3H])[3H].[3H][3H].[B]P=NP. The van der Waals surface area contributed by atoms with E-state index in [4.69, 9.17) is 28.9 Å².